The molecular formula is C43H32N4. The number of rotatable bonds is 3. The lowest BCUT2D eigenvalue weighted by Gasteiger charge is -2.07. The molecule has 0 saturated heterocycles. The zero-order chi connectivity index (χ0) is 32.1. The maximum absolute atomic E-state index is 6.18. The first-order chi connectivity index (χ1) is 22.9. The fourth-order valence-corrected chi connectivity index (χ4v) is 6.43. The number of nitrogens with zero attached hydrogens (tertiary/aromatic N) is 2. The molecule has 8 bridgehead atoms. The van der Waals surface area contributed by atoms with Crippen molar-refractivity contribution in [2.24, 2.45) is 0 Å². The molecule has 3 aromatic carbocycles. The van der Waals surface area contributed by atoms with Crippen molar-refractivity contribution in [2.45, 2.75) is 20.8 Å². The molecular weight excluding hydrogens is 573 g/mol. The molecule has 3 aromatic heterocycles. The maximum Gasteiger partial charge on any atom is 0.0815 e. The summed E-state index contributed by atoms with van der Waals surface area (Å²) in [5.74, 6) is 2.93. The molecule has 0 spiro atoms. The summed E-state index contributed by atoms with van der Waals surface area (Å²) in [7, 11) is 0. The minimum absolute atomic E-state index is 0.708. The normalized spacial score (nSPS) is 12.0. The lowest BCUT2D eigenvalue weighted by Crippen LogP contribution is -1.90. The molecule has 6 aromatic rings. The Morgan fingerprint density at radius 1 is 0.426 bits per heavy atom. The highest BCUT2D eigenvalue weighted by molar-refractivity contribution is 5.98. The first kappa shape index (κ1) is 28.3. The fourth-order valence-electron chi connectivity index (χ4n) is 6.43. The van der Waals surface area contributed by atoms with Crippen molar-refractivity contribution < 1.29 is 0 Å². The van der Waals surface area contributed by atoms with Crippen LogP contribution in [0.15, 0.2) is 97.1 Å². The third-order valence-corrected chi connectivity index (χ3v) is 8.92. The van der Waals surface area contributed by atoms with Crippen LogP contribution in [0.1, 0.15) is 45.0 Å². The zero-order valence-electron chi connectivity index (χ0n) is 26.5. The summed E-state index contributed by atoms with van der Waals surface area (Å²) in [6.45, 7) is 6.31. The standard InChI is InChI=1S/C43H32N4/c1-5-32-33-18-20-35(44-33)41(29-12-6-26(2)7-13-29)37-22-24-39(46-37)43(31-16-10-28(4)11-17-31)40-25-23-38(47-40)42(36-21-19-34(32)45-36)30-14-8-27(3)9-15-30/h1,6-25,44,47H,2-4H3. The topological polar surface area (TPSA) is 57.4 Å². The number of aryl methyl sites for hydroxylation is 3. The molecule has 224 valence electrons. The molecule has 0 radical (unpaired) electrons. The van der Waals surface area contributed by atoms with Gasteiger partial charge in [-0.15, -0.1) is 6.42 Å². The first-order valence-electron chi connectivity index (χ1n) is 15.8. The molecule has 8 rings (SSSR count). The van der Waals surface area contributed by atoms with Crippen LogP contribution in [0.25, 0.3) is 79.8 Å². The van der Waals surface area contributed by atoms with Gasteiger partial charge in [0.25, 0.3) is 0 Å². The van der Waals surface area contributed by atoms with Gasteiger partial charge in [0.15, 0.2) is 0 Å². The van der Waals surface area contributed by atoms with E-state index >= 15 is 0 Å². The number of benzene rings is 3. The third kappa shape index (κ3) is 5.09. The quantitative estimate of drug-likeness (QED) is 0.197. The number of terminal acetylenes is 1. The largest absolute Gasteiger partial charge is 0.354 e. The maximum atomic E-state index is 6.18. The van der Waals surface area contributed by atoms with Gasteiger partial charge in [-0.05, 0) is 86.0 Å². The van der Waals surface area contributed by atoms with Crippen molar-refractivity contribution in [3.63, 3.8) is 0 Å². The number of fused-ring (bicyclic) bond motifs is 8. The predicted octanol–water partition coefficient (Wildman–Crippen LogP) is 10.6. The molecule has 5 heterocycles. The van der Waals surface area contributed by atoms with E-state index in [1.807, 2.05) is 12.1 Å². The van der Waals surface area contributed by atoms with Crippen LogP contribution < -0.4 is 0 Å². The van der Waals surface area contributed by atoms with Gasteiger partial charge in [0.1, 0.15) is 0 Å². The summed E-state index contributed by atoms with van der Waals surface area (Å²) < 4.78 is 0. The molecule has 0 aliphatic carbocycles. The van der Waals surface area contributed by atoms with E-state index in [1.54, 1.807) is 0 Å². The molecule has 0 unspecified atom stereocenters. The lowest BCUT2D eigenvalue weighted by molar-refractivity contribution is 1.30. The van der Waals surface area contributed by atoms with E-state index < -0.39 is 0 Å². The molecule has 4 heteroatoms. The summed E-state index contributed by atoms with van der Waals surface area (Å²) in [5, 5.41) is 0. The monoisotopic (exact) mass is 604 g/mol. The number of aromatic nitrogens is 4. The summed E-state index contributed by atoms with van der Waals surface area (Å²) in [6.07, 6.45) is 14.5. The van der Waals surface area contributed by atoms with Crippen molar-refractivity contribution in [2.75, 3.05) is 0 Å². The van der Waals surface area contributed by atoms with Crippen LogP contribution in [0.5, 0.6) is 0 Å². The minimum Gasteiger partial charge on any atom is -0.354 e. The van der Waals surface area contributed by atoms with Crippen LogP contribution in [-0.4, -0.2) is 19.9 Å². The fraction of sp³-hybridized carbons (Fsp3) is 0.0698. The van der Waals surface area contributed by atoms with E-state index in [1.165, 1.54) is 16.7 Å². The average Bonchev–Trinajstić information content (AvgIpc) is 3.91. The van der Waals surface area contributed by atoms with Crippen LogP contribution in [0, 0.1) is 33.1 Å². The van der Waals surface area contributed by atoms with Crippen LogP contribution in [0.3, 0.4) is 0 Å². The van der Waals surface area contributed by atoms with E-state index in [4.69, 9.17) is 16.4 Å². The molecule has 47 heavy (non-hydrogen) atoms. The second kappa shape index (κ2) is 11.3. The number of hydrogen-bond donors (Lipinski definition) is 2. The van der Waals surface area contributed by atoms with Gasteiger partial charge in [-0.1, -0.05) is 95.4 Å². The Balaban J connectivity index is 1.56. The number of aromatic amines is 2. The van der Waals surface area contributed by atoms with Gasteiger partial charge < -0.3 is 9.97 Å². The van der Waals surface area contributed by atoms with Gasteiger partial charge in [0, 0.05) is 33.2 Å². The van der Waals surface area contributed by atoms with Crippen molar-refractivity contribution in [1.82, 2.24) is 19.9 Å². The Kier molecular flexibility index (Phi) is 6.82. The lowest BCUT2D eigenvalue weighted by atomic mass is 10.0. The minimum atomic E-state index is 0.708. The smallest absolute Gasteiger partial charge is 0.0815 e. The van der Waals surface area contributed by atoms with Crippen molar-refractivity contribution in [3.05, 3.63) is 142 Å². The predicted molar refractivity (Wildman–Crippen MR) is 197 cm³/mol. The van der Waals surface area contributed by atoms with Gasteiger partial charge in [-0.3, -0.25) is 0 Å². The molecule has 4 nitrogen and oxygen atoms in total. The molecule has 0 fully saturated rings. The van der Waals surface area contributed by atoms with Crippen LogP contribution in [0.4, 0.5) is 0 Å². The molecule has 0 amide bonds. The highest BCUT2D eigenvalue weighted by Crippen LogP contribution is 2.36. The van der Waals surface area contributed by atoms with Crippen molar-refractivity contribution in [1.29, 1.82) is 0 Å². The van der Waals surface area contributed by atoms with Gasteiger partial charge in [0.05, 0.1) is 33.9 Å². The molecule has 0 atom stereocenters. The Morgan fingerprint density at radius 3 is 1.13 bits per heavy atom. The van der Waals surface area contributed by atoms with Gasteiger partial charge in [-0.25, -0.2) is 9.97 Å². The van der Waals surface area contributed by atoms with E-state index in [0.29, 0.717) is 5.56 Å². The Hall–Kier alpha value is -6.18. The Labute approximate surface area is 274 Å². The van der Waals surface area contributed by atoms with E-state index in [2.05, 4.69) is 146 Å². The second-order valence-electron chi connectivity index (χ2n) is 12.2. The van der Waals surface area contributed by atoms with E-state index in [9.17, 15) is 0 Å². The van der Waals surface area contributed by atoms with Crippen molar-refractivity contribution in [3.8, 4) is 45.7 Å². The first-order valence-corrected chi connectivity index (χ1v) is 15.8. The Bertz CT molecular complexity index is 2420. The summed E-state index contributed by atoms with van der Waals surface area (Å²) in [4.78, 5) is 17.9. The zero-order valence-corrected chi connectivity index (χ0v) is 26.5. The molecule has 0 saturated carbocycles. The number of nitrogens with one attached hydrogen (secondary N) is 2. The molecule has 2 N–H and O–H groups in total. The number of hydrogen-bond acceptors (Lipinski definition) is 2. The Morgan fingerprint density at radius 2 is 0.745 bits per heavy atom. The second-order valence-corrected chi connectivity index (χ2v) is 12.2. The van der Waals surface area contributed by atoms with Crippen LogP contribution in [-0.2, 0) is 0 Å². The van der Waals surface area contributed by atoms with Crippen molar-refractivity contribution >= 4 is 46.4 Å². The third-order valence-electron chi connectivity index (χ3n) is 8.92. The highest BCUT2D eigenvalue weighted by Gasteiger charge is 2.18. The summed E-state index contributed by atoms with van der Waals surface area (Å²) >= 11 is 0. The van der Waals surface area contributed by atoms with Gasteiger partial charge in [0.2, 0.25) is 0 Å². The van der Waals surface area contributed by atoms with Crippen LogP contribution >= 0.6 is 0 Å². The molecule has 2 aliphatic heterocycles. The summed E-state index contributed by atoms with van der Waals surface area (Å²) in [5.41, 5.74) is 17.7. The van der Waals surface area contributed by atoms with Gasteiger partial charge >= 0.3 is 0 Å². The van der Waals surface area contributed by atoms with E-state index in [0.717, 1.165) is 78.2 Å². The average molecular weight is 605 g/mol. The SMILES string of the molecule is C#Cc1c2nc(c(-c3ccc(C)cc3)c3ccc([nH]3)c(-c3ccc(C)cc3)c3nc(c(-c4ccc(C)cc4)c4ccc1[nH]4)C=C3)C=C2. The molecule has 2 aliphatic rings. The summed E-state index contributed by atoms with van der Waals surface area (Å²) in [6, 6.07) is 34.2. The van der Waals surface area contributed by atoms with Crippen LogP contribution in [0.2, 0.25) is 0 Å². The van der Waals surface area contributed by atoms with Gasteiger partial charge in [-0.2, -0.15) is 0 Å². The number of H-pyrrole nitrogens is 2. The van der Waals surface area contributed by atoms with E-state index in [-0.39, 0.29) is 0 Å². The highest BCUT2D eigenvalue weighted by atomic mass is 14.8.